The minimum atomic E-state index is -0.302. The smallest absolute Gasteiger partial charge is 0.407 e. The number of carbonyl (C=O) groups excluding carboxylic acids is 1. The van der Waals surface area contributed by atoms with Crippen molar-refractivity contribution in [1.82, 2.24) is 14.8 Å². The van der Waals surface area contributed by atoms with Crippen molar-refractivity contribution in [2.24, 2.45) is 7.05 Å². The highest BCUT2D eigenvalue weighted by molar-refractivity contribution is 5.89. The molecule has 1 amide bonds. The second-order valence-corrected chi connectivity index (χ2v) is 7.12. The molecule has 1 aromatic heterocycles. The molecular weight excluding hydrogens is 302 g/mol. The summed E-state index contributed by atoms with van der Waals surface area (Å²) in [5.74, 6) is 0.453. The average Bonchev–Trinajstić information content (AvgIpc) is 2.87. The molecule has 0 unspecified atom stereocenters. The van der Waals surface area contributed by atoms with Gasteiger partial charge in [0, 0.05) is 48.7 Å². The molecule has 24 heavy (non-hydrogen) atoms. The van der Waals surface area contributed by atoms with Gasteiger partial charge >= 0.3 is 6.09 Å². The van der Waals surface area contributed by atoms with Crippen molar-refractivity contribution in [2.45, 2.75) is 37.8 Å². The number of hydrogen-bond donors (Lipinski definition) is 1. The fraction of sp³-hybridized carbons (Fsp3) is 0.526. The number of fused-ring (bicyclic) bond motifs is 2. The van der Waals surface area contributed by atoms with Crippen molar-refractivity contribution in [2.75, 3.05) is 20.2 Å². The number of nitrogens with zero attached hydrogens (tertiary/aromatic N) is 2. The van der Waals surface area contributed by atoms with Gasteiger partial charge in [-0.15, -0.1) is 0 Å². The molecule has 1 aromatic carbocycles. The summed E-state index contributed by atoms with van der Waals surface area (Å²) in [6, 6.07) is 7.26. The van der Waals surface area contributed by atoms with E-state index in [0.29, 0.717) is 18.6 Å². The van der Waals surface area contributed by atoms with E-state index in [2.05, 4.69) is 53.3 Å². The monoisotopic (exact) mass is 327 g/mol. The van der Waals surface area contributed by atoms with Gasteiger partial charge < -0.3 is 19.5 Å². The van der Waals surface area contributed by atoms with Gasteiger partial charge in [-0.2, -0.15) is 0 Å². The Morgan fingerprint density at radius 1 is 1.38 bits per heavy atom. The van der Waals surface area contributed by atoms with Gasteiger partial charge in [-0.1, -0.05) is 12.1 Å². The van der Waals surface area contributed by atoms with Gasteiger partial charge in [-0.05, 0) is 44.0 Å². The van der Waals surface area contributed by atoms with E-state index in [1.165, 1.54) is 22.0 Å². The Kier molecular flexibility index (Phi) is 3.76. The van der Waals surface area contributed by atoms with Crippen LogP contribution in [0.2, 0.25) is 0 Å². The van der Waals surface area contributed by atoms with E-state index < -0.39 is 0 Å². The molecule has 2 heterocycles. The number of nitrogens with one attached hydrogen (secondary N) is 1. The summed E-state index contributed by atoms with van der Waals surface area (Å²) in [5.41, 5.74) is 4.19. The van der Waals surface area contributed by atoms with E-state index in [9.17, 15) is 4.79 Å². The lowest BCUT2D eigenvalue weighted by molar-refractivity contribution is 0.110. The molecule has 0 radical (unpaired) electrons. The molecule has 1 aliphatic heterocycles. The maximum Gasteiger partial charge on any atom is 0.407 e. The number of likely N-dealkylation sites (tertiary alicyclic amines) is 1. The molecular formula is C19H25N3O2. The predicted octanol–water partition coefficient (Wildman–Crippen LogP) is 2.64. The number of ether oxygens (including phenoxy) is 1. The summed E-state index contributed by atoms with van der Waals surface area (Å²) in [4.78, 5) is 14.2. The SMILES string of the molecule is CCOC(=O)N[C@H]1C[C@@H]2c3cccc4c3c(cn4C)C[C@H]2N(C)C1. The Bertz CT molecular complexity index is 782. The van der Waals surface area contributed by atoms with E-state index in [0.717, 1.165) is 19.4 Å². The number of likely N-dealkylation sites (N-methyl/N-ethyl adjacent to an activating group) is 1. The number of aromatic nitrogens is 1. The lowest BCUT2D eigenvalue weighted by Gasteiger charge is -2.45. The fourth-order valence-electron chi connectivity index (χ4n) is 4.66. The molecule has 2 aromatic rings. The third-order valence-corrected chi connectivity index (χ3v) is 5.63. The Labute approximate surface area is 142 Å². The first kappa shape index (κ1) is 15.5. The summed E-state index contributed by atoms with van der Waals surface area (Å²) < 4.78 is 7.30. The van der Waals surface area contributed by atoms with Crippen molar-refractivity contribution < 1.29 is 9.53 Å². The van der Waals surface area contributed by atoms with Crippen LogP contribution in [0.3, 0.4) is 0 Å². The van der Waals surface area contributed by atoms with E-state index in [-0.39, 0.29) is 12.1 Å². The second-order valence-electron chi connectivity index (χ2n) is 7.12. The number of alkyl carbamates (subject to hydrolysis) is 1. The first-order valence-corrected chi connectivity index (χ1v) is 8.78. The van der Waals surface area contributed by atoms with Gasteiger partial charge in [-0.25, -0.2) is 4.79 Å². The van der Waals surface area contributed by atoms with Crippen LogP contribution < -0.4 is 5.32 Å². The van der Waals surface area contributed by atoms with Crippen LogP contribution in [0, 0.1) is 0 Å². The molecule has 2 aliphatic rings. The van der Waals surface area contributed by atoms with Crippen LogP contribution in [-0.2, 0) is 18.2 Å². The summed E-state index contributed by atoms with van der Waals surface area (Å²) in [5, 5.41) is 4.46. The molecule has 1 saturated heterocycles. The first-order valence-electron chi connectivity index (χ1n) is 8.78. The Hall–Kier alpha value is -2.01. The van der Waals surface area contributed by atoms with E-state index in [4.69, 9.17) is 4.74 Å². The van der Waals surface area contributed by atoms with Crippen molar-refractivity contribution in [3.8, 4) is 0 Å². The maximum atomic E-state index is 11.8. The van der Waals surface area contributed by atoms with Crippen LogP contribution in [0.4, 0.5) is 4.79 Å². The number of piperidine rings is 1. The number of carbonyl (C=O) groups is 1. The molecule has 128 valence electrons. The van der Waals surface area contributed by atoms with Crippen LogP contribution in [0.25, 0.3) is 10.9 Å². The number of hydrogen-bond acceptors (Lipinski definition) is 3. The van der Waals surface area contributed by atoms with E-state index in [1.54, 1.807) is 0 Å². The zero-order chi connectivity index (χ0) is 16.8. The van der Waals surface area contributed by atoms with Gasteiger partial charge in [0.25, 0.3) is 0 Å². The summed E-state index contributed by atoms with van der Waals surface area (Å²) in [6.07, 6.45) is 4.04. The fourth-order valence-corrected chi connectivity index (χ4v) is 4.66. The van der Waals surface area contributed by atoms with E-state index in [1.807, 2.05) is 6.92 Å². The lowest BCUT2D eigenvalue weighted by atomic mass is 9.74. The van der Waals surface area contributed by atoms with Crippen LogP contribution in [0.15, 0.2) is 24.4 Å². The molecule has 1 N–H and O–H groups in total. The molecule has 1 fully saturated rings. The molecule has 1 aliphatic carbocycles. The molecule has 5 nitrogen and oxygen atoms in total. The van der Waals surface area contributed by atoms with Gasteiger partial charge in [0.1, 0.15) is 0 Å². The number of amides is 1. The Morgan fingerprint density at radius 3 is 3.00 bits per heavy atom. The highest BCUT2D eigenvalue weighted by Gasteiger charge is 2.40. The first-order chi connectivity index (χ1) is 11.6. The van der Waals surface area contributed by atoms with Crippen LogP contribution in [-0.4, -0.2) is 47.8 Å². The minimum absolute atomic E-state index is 0.135. The van der Waals surface area contributed by atoms with Gasteiger partial charge in [0.05, 0.1) is 6.61 Å². The quantitative estimate of drug-likeness (QED) is 0.922. The normalized spacial score (nSPS) is 26.2. The van der Waals surface area contributed by atoms with Gasteiger partial charge in [0.2, 0.25) is 0 Å². The number of benzene rings is 1. The zero-order valence-electron chi connectivity index (χ0n) is 14.6. The largest absolute Gasteiger partial charge is 0.450 e. The van der Waals surface area contributed by atoms with Crippen molar-refractivity contribution >= 4 is 17.0 Å². The molecule has 0 spiro atoms. The molecule has 0 bridgehead atoms. The second kappa shape index (κ2) is 5.81. The standard InChI is InChI=1S/C19H25N3O2/c1-4-24-19(23)20-13-9-15-14-6-5-7-16-18(14)12(10-21(16)2)8-17(15)22(3)11-13/h5-7,10,13,15,17H,4,8-9,11H2,1-3H3,(H,20,23)/t13-,15+,17+/m0/s1. The van der Waals surface area contributed by atoms with Crippen LogP contribution in [0.5, 0.6) is 0 Å². The van der Waals surface area contributed by atoms with Gasteiger partial charge in [0.15, 0.2) is 0 Å². The highest BCUT2D eigenvalue weighted by Crippen LogP contribution is 2.43. The predicted molar refractivity (Wildman–Crippen MR) is 94.3 cm³/mol. The van der Waals surface area contributed by atoms with Crippen LogP contribution in [0.1, 0.15) is 30.4 Å². The zero-order valence-corrected chi connectivity index (χ0v) is 14.6. The van der Waals surface area contributed by atoms with Crippen molar-refractivity contribution in [3.05, 3.63) is 35.5 Å². The number of rotatable bonds is 2. The van der Waals surface area contributed by atoms with Crippen LogP contribution >= 0.6 is 0 Å². The lowest BCUT2D eigenvalue weighted by Crippen LogP contribution is -2.54. The topological polar surface area (TPSA) is 46.5 Å². The molecule has 0 saturated carbocycles. The summed E-state index contributed by atoms with van der Waals surface area (Å²) in [6.45, 7) is 3.12. The molecule has 3 atom stereocenters. The van der Waals surface area contributed by atoms with E-state index >= 15 is 0 Å². The van der Waals surface area contributed by atoms with Crippen molar-refractivity contribution in [1.29, 1.82) is 0 Å². The maximum absolute atomic E-state index is 11.8. The Balaban J connectivity index is 1.67. The molecule has 4 rings (SSSR count). The average molecular weight is 327 g/mol. The third-order valence-electron chi connectivity index (χ3n) is 5.63. The highest BCUT2D eigenvalue weighted by atomic mass is 16.5. The third kappa shape index (κ3) is 2.38. The minimum Gasteiger partial charge on any atom is -0.450 e. The molecule has 5 heteroatoms. The number of aryl methyl sites for hydroxylation is 1. The van der Waals surface area contributed by atoms with Gasteiger partial charge in [-0.3, -0.25) is 0 Å². The summed E-state index contributed by atoms with van der Waals surface area (Å²) in [7, 11) is 4.30. The Morgan fingerprint density at radius 2 is 2.21 bits per heavy atom. The van der Waals surface area contributed by atoms with Crippen molar-refractivity contribution in [3.63, 3.8) is 0 Å². The summed E-state index contributed by atoms with van der Waals surface area (Å²) >= 11 is 0.